The minimum absolute atomic E-state index is 0.118. The standard InChI is InChI=1S/C16H23N3O2S/c20-15(17-12-2-1-3-12)11-4-5-14-13(10-11)18-16(22-14)19-6-8-21-9-7-19/h11-12H,1-10H2,(H,17,20). The van der Waals surface area contributed by atoms with E-state index in [2.05, 4.69) is 10.2 Å². The van der Waals surface area contributed by atoms with Gasteiger partial charge in [-0.25, -0.2) is 4.98 Å². The third-order valence-corrected chi connectivity index (χ3v) is 6.25. The second kappa shape index (κ2) is 6.16. The smallest absolute Gasteiger partial charge is 0.223 e. The zero-order chi connectivity index (χ0) is 14.9. The van der Waals surface area contributed by atoms with Gasteiger partial charge in [0.15, 0.2) is 5.13 Å². The topological polar surface area (TPSA) is 54.5 Å². The maximum Gasteiger partial charge on any atom is 0.223 e. The Bertz CT molecular complexity index is 550. The van der Waals surface area contributed by atoms with Crippen molar-refractivity contribution in [2.45, 2.75) is 44.6 Å². The minimum atomic E-state index is 0.118. The first-order valence-corrected chi connectivity index (χ1v) is 9.23. The first-order valence-electron chi connectivity index (χ1n) is 8.41. The van der Waals surface area contributed by atoms with Crippen molar-refractivity contribution in [2.24, 2.45) is 5.92 Å². The number of ether oxygens (including phenoxy) is 1. The molecule has 0 aromatic carbocycles. The molecule has 1 N–H and O–H groups in total. The molecular formula is C16H23N3O2S. The molecule has 1 saturated heterocycles. The van der Waals surface area contributed by atoms with Gasteiger partial charge in [-0.15, -0.1) is 11.3 Å². The highest BCUT2D eigenvalue weighted by Crippen LogP contribution is 2.34. The highest BCUT2D eigenvalue weighted by molar-refractivity contribution is 7.15. The van der Waals surface area contributed by atoms with Gasteiger partial charge < -0.3 is 15.0 Å². The van der Waals surface area contributed by atoms with Crippen molar-refractivity contribution in [3.63, 3.8) is 0 Å². The molecule has 2 heterocycles. The van der Waals surface area contributed by atoms with Gasteiger partial charge in [0.1, 0.15) is 0 Å². The molecule has 1 aliphatic heterocycles. The molecule has 6 heteroatoms. The van der Waals surface area contributed by atoms with Crippen LogP contribution in [-0.4, -0.2) is 43.2 Å². The van der Waals surface area contributed by atoms with Gasteiger partial charge in [-0.2, -0.15) is 0 Å². The molecule has 1 amide bonds. The van der Waals surface area contributed by atoms with Crippen molar-refractivity contribution in [3.05, 3.63) is 10.6 Å². The lowest BCUT2D eigenvalue weighted by molar-refractivity contribution is -0.126. The van der Waals surface area contributed by atoms with Gasteiger partial charge >= 0.3 is 0 Å². The molecule has 3 aliphatic rings. The van der Waals surface area contributed by atoms with E-state index in [1.165, 1.54) is 11.3 Å². The van der Waals surface area contributed by atoms with Crippen LogP contribution < -0.4 is 10.2 Å². The van der Waals surface area contributed by atoms with Crippen molar-refractivity contribution >= 4 is 22.4 Å². The molecule has 120 valence electrons. The van der Waals surface area contributed by atoms with Gasteiger partial charge in [0.05, 0.1) is 18.9 Å². The Labute approximate surface area is 135 Å². The Hall–Kier alpha value is -1.14. The second-order valence-corrected chi connectivity index (χ2v) is 7.60. The Morgan fingerprint density at radius 3 is 2.82 bits per heavy atom. The van der Waals surface area contributed by atoms with Crippen LogP contribution in [0.25, 0.3) is 0 Å². The first kappa shape index (κ1) is 14.5. The summed E-state index contributed by atoms with van der Waals surface area (Å²) in [6.45, 7) is 3.43. The molecule has 2 aliphatic carbocycles. The van der Waals surface area contributed by atoms with E-state index in [0.717, 1.165) is 69.2 Å². The lowest BCUT2D eigenvalue weighted by Gasteiger charge is -2.29. The van der Waals surface area contributed by atoms with Gasteiger partial charge in [-0.05, 0) is 32.1 Å². The number of aromatic nitrogens is 1. The predicted octanol–water partition coefficient (Wildman–Crippen LogP) is 1.75. The van der Waals surface area contributed by atoms with E-state index in [1.54, 1.807) is 0 Å². The maximum atomic E-state index is 12.4. The van der Waals surface area contributed by atoms with Gasteiger partial charge in [-0.3, -0.25) is 4.79 Å². The molecular weight excluding hydrogens is 298 g/mol. The van der Waals surface area contributed by atoms with Gasteiger partial charge in [0, 0.05) is 36.3 Å². The van der Waals surface area contributed by atoms with Crippen molar-refractivity contribution in [1.82, 2.24) is 10.3 Å². The predicted molar refractivity (Wildman–Crippen MR) is 86.4 cm³/mol. The largest absolute Gasteiger partial charge is 0.378 e. The van der Waals surface area contributed by atoms with Crippen LogP contribution in [0.1, 0.15) is 36.3 Å². The molecule has 22 heavy (non-hydrogen) atoms. The highest BCUT2D eigenvalue weighted by atomic mass is 32.1. The van der Waals surface area contributed by atoms with Crippen molar-refractivity contribution in [3.8, 4) is 0 Å². The molecule has 1 aromatic heterocycles. The second-order valence-electron chi connectivity index (χ2n) is 6.54. The van der Waals surface area contributed by atoms with Gasteiger partial charge in [-0.1, -0.05) is 0 Å². The summed E-state index contributed by atoms with van der Waals surface area (Å²) in [4.78, 5) is 20.9. The number of carbonyl (C=O) groups is 1. The van der Waals surface area contributed by atoms with Crippen LogP contribution in [-0.2, 0) is 22.4 Å². The van der Waals surface area contributed by atoms with Crippen LogP contribution in [0, 0.1) is 5.92 Å². The zero-order valence-electron chi connectivity index (χ0n) is 12.8. The molecule has 5 nitrogen and oxygen atoms in total. The van der Waals surface area contributed by atoms with Crippen LogP contribution in [0.2, 0.25) is 0 Å². The number of rotatable bonds is 3. The fraction of sp³-hybridized carbons (Fsp3) is 0.750. The number of nitrogens with one attached hydrogen (secondary N) is 1. The molecule has 1 saturated carbocycles. The monoisotopic (exact) mass is 321 g/mol. The quantitative estimate of drug-likeness (QED) is 0.921. The van der Waals surface area contributed by atoms with Crippen molar-refractivity contribution in [2.75, 3.05) is 31.2 Å². The number of amides is 1. The van der Waals surface area contributed by atoms with Gasteiger partial charge in [0.2, 0.25) is 5.91 Å². The van der Waals surface area contributed by atoms with E-state index in [4.69, 9.17) is 9.72 Å². The summed E-state index contributed by atoms with van der Waals surface area (Å²) < 4.78 is 5.41. The Morgan fingerprint density at radius 1 is 1.27 bits per heavy atom. The van der Waals surface area contributed by atoms with Crippen molar-refractivity contribution in [1.29, 1.82) is 0 Å². The summed E-state index contributed by atoms with van der Waals surface area (Å²) in [6.07, 6.45) is 6.35. The molecule has 4 rings (SSSR count). The summed E-state index contributed by atoms with van der Waals surface area (Å²) >= 11 is 1.81. The summed E-state index contributed by atoms with van der Waals surface area (Å²) in [5.74, 6) is 0.365. The van der Waals surface area contributed by atoms with E-state index in [-0.39, 0.29) is 11.8 Å². The first-order chi connectivity index (χ1) is 10.8. The maximum absolute atomic E-state index is 12.4. The van der Waals surface area contributed by atoms with Gasteiger partial charge in [0.25, 0.3) is 0 Å². The van der Waals surface area contributed by atoms with Crippen LogP contribution in [0.5, 0.6) is 0 Å². The number of nitrogens with zero attached hydrogens (tertiary/aromatic N) is 2. The summed E-state index contributed by atoms with van der Waals surface area (Å²) in [7, 11) is 0. The Kier molecular flexibility index (Phi) is 4.05. The number of anilines is 1. The highest BCUT2D eigenvalue weighted by Gasteiger charge is 2.30. The van der Waals surface area contributed by atoms with Crippen LogP contribution in [0.3, 0.4) is 0 Å². The SMILES string of the molecule is O=C(NC1CCC1)C1CCc2sc(N3CCOCC3)nc2C1. The third kappa shape index (κ3) is 2.86. The summed E-state index contributed by atoms with van der Waals surface area (Å²) in [5.41, 5.74) is 1.16. The fourth-order valence-electron chi connectivity index (χ4n) is 3.35. The van der Waals surface area contributed by atoms with E-state index in [9.17, 15) is 4.79 Å². The number of thiazole rings is 1. The minimum Gasteiger partial charge on any atom is -0.378 e. The normalized spacial score (nSPS) is 25.5. The lowest BCUT2D eigenvalue weighted by Crippen LogP contribution is -2.43. The average molecular weight is 321 g/mol. The molecule has 1 unspecified atom stereocenters. The summed E-state index contributed by atoms with van der Waals surface area (Å²) in [6, 6.07) is 0.438. The van der Waals surface area contributed by atoms with E-state index in [0.29, 0.717) is 6.04 Å². The number of hydrogen-bond donors (Lipinski definition) is 1. The molecule has 0 bridgehead atoms. The van der Waals surface area contributed by atoms with Crippen LogP contribution >= 0.6 is 11.3 Å². The summed E-state index contributed by atoms with van der Waals surface area (Å²) in [5, 5.41) is 4.32. The third-order valence-electron chi connectivity index (χ3n) is 5.03. The fourth-order valence-corrected chi connectivity index (χ4v) is 4.51. The molecule has 0 radical (unpaired) electrons. The Morgan fingerprint density at radius 2 is 2.09 bits per heavy atom. The molecule has 0 spiro atoms. The van der Waals surface area contributed by atoms with Crippen LogP contribution in [0.15, 0.2) is 0 Å². The number of morpholine rings is 1. The number of carbonyl (C=O) groups excluding carboxylic acids is 1. The van der Waals surface area contributed by atoms with E-state index in [1.807, 2.05) is 11.3 Å². The zero-order valence-corrected chi connectivity index (χ0v) is 13.7. The Balaban J connectivity index is 1.41. The van der Waals surface area contributed by atoms with Crippen molar-refractivity contribution < 1.29 is 9.53 Å². The molecule has 1 aromatic rings. The number of aryl methyl sites for hydroxylation is 1. The van der Waals surface area contributed by atoms with E-state index >= 15 is 0 Å². The number of hydrogen-bond acceptors (Lipinski definition) is 5. The lowest BCUT2D eigenvalue weighted by atomic mass is 9.88. The number of fused-ring (bicyclic) bond motifs is 1. The average Bonchev–Trinajstić information content (AvgIpc) is 2.94. The van der Waals surface area contributed by atoms with Crippen LogP contribution in [0.4, 0.5) is 5.13 Å². The molecule has 2 fully saturated rings. The molecule has 1 atom stereocenters. The van der Waals surface area contributed by atoms with E-state index < -0.39 is 0 Å².